The van der Waals surface area contributed by atoms with Crippen LogP contribution in [0.25, 0.3) is 0 Å². The minimum atomic E-state index is 0.314. The van der Waals surface area contributed by atoms with Crippen LogP contribution in [0.4, 0.5) is 11.4 Å². The van der Waals surface area contributed by atoms with Crippen molar-refractivity contribution in [2.24, 2.45) is 45.5 Å². The Hall–Kier alpha value is -2.03. The van der Waals surface area contributed by atoms with Crippen LogP contribution in [0.15, 0.2) is 46.6 Å². The third-order valence-corrected chi connectivity index (χ3v) is 10.9. The molecule has 6 unspecified atom stereocenters. The predicted molar refractivity (Wildman–Crippen MR) is 166 cm³/mol. The molecule has 1 aromatic rings. The Labute approximate surface area is 233 Å². The van der Waals surface area contributed by atoms with Gasteiger partial charge in [0.25, 0.3) is 0 Å². The Bertz CT molecular complexity index is 1050. The van der Waals surface area contributed by atoms with Crippen LogP contribution in [-0.4, -0.2) is 6.21 Å². The lowest BCUT2D eigenvalue weighted by Gasteiger charge is -2.51. The standard InChI is InChI=1S/C33H49N3.C2H6/c1-22(2)10-6-7-11-24-13-15-28-31-26(21-35-36-30-16-14-25(34)20-23(30)3)27-12-8-9-18-33(27,5)29(31)17-19-32(24,28)4;1-2/h8,12,14,16,20-22,24,28-29,31,36H,6-7,9-11,13,15,17-19,34H2,1-5H3;1-2H3/b35-21+;. The van der Waals surface area contributed by atoms with Gasteiger partial charge in [0.2, 0.25) is 0 Å². The van der Waals surface area contributed by atoms with Crippen LogP contribution >= 0.6 is 0 Å². The fraction of sp³-hybridized carbons (Fsp3) is 0.686. The van der Waals surface area contributed by atoms with E-state index in [2.05, 4.69) is 58.4 Å². The zero-order valence-electron chi connectivity index (χ0n) is 25.4. The van der Waals surface area contributed by atoms with Gasteiger partial charge in [-0.25, -0.2) is 0 Å². The molecule has 2 fully saturated rings. The van der Waals surface area contributed by atoms with Gasteiger partial charge in [-0.1, -0.05) is 73.0 Å². The van der Waals surface area contributed by atoms with E-state index in [1.165, 1.54) is 69.8 Å². The quantitative estimate of drug-likeness (QED) is 0.156. The van der Waals surface area contributed by atoms with Crippen molar-refractivity contribution in [1.29, 1.82) is 0 Å². The zero-order valence-corrected chi connectivity index (χ0v) is 25.4. The number of benzene rings is 1. The molecule has 38 heavy (non-hydrogen) atoms. The van der Waals surface area contributed by atoms with Crippen molar-refractivity contribution in [1.82, 2.24) is 0 Å². The monoisotopic (exact) mass is 517 g/mol. The van der Waals surface area contributed by atoms with Crippen LogP contribution < -0.4 is 11.2 Å². The highest BCUT2D eigenvalue weighted by Gasteiger charge is 2.61. The van der Waals surface area contributed by atoms with E-state index in [-0.39, 0.29) is 0 Å². The number of aryl methyl sites for hydroxylation is 1. The van der Waals surface area contributed by atoms with Gasteiger partial charge >= 0.3 is 0 Å². The second-order valence-electron chi connectivity index (χ2n) is 13.4. The zero-order chi connectivity index (χ0) is 27.5. The molecule has 0 spiro atoms. The van der Waals surface area contributed by atoms with E-state index in [0.717, 1.165) is 40.6 Å². The molecule has 1 aromatic carbocycles. The van der Waals surface area contributed by atoms with Crippen LogP contribution in [0, 0.1) is 47.3 Å². The second kappa shape index (κ2) is 12.0. The van der Waals surface area contributed by atoms with Gasteiger partial charge in [0, 0.05) is 5.69 Å². The summed E-state index contributed by atoms with van der Waals surface area (Å²) in [5.74, 6) is 3.97. The summed E-state index contributed by atoms with van der Waals surface area (Å²) in [6.07, 6.45) is 20.9. The van der Waals surface area contributed by atoms with Gasteiger partial charge in [0.1, 0.15) is 0 Å². The maximum Gasteiger partial charge on any atom is 0.0592 e. The number of nitrogens with zero attached hydrogens (tertiary/aromatic N) is 1. The molecule has 4 aliphatic rings. The Balaban J connectivity index is 0.00000164. The van der Waals surface area contributed by atoms with Gasteiger partial charge in [0.05, 0.1) is 11.9 Å². The summed E-state index contributed by atoms with van der Waals surface area (Å²) in [6.45, 7) is 16.1. The van der Waals surface area contributed by atoms with E-state index < -0.39 is 0 Å². The third kappa shape index (κ3) is 5.36. The van der Waals surface area contributed by atoms with E-state index in [0.29, 0.717) is 16.7 Å². The predicted octanol–water partition coefficient (Wildman–Crippen LogP) is 9.94. The van der Waals surface area contributed by atoms with E-state index in [1.807, 2.05) is 32.0 Å². The Morgan fingerprint density at radius 1 is 1.08 bits per heavy atom. The number of unbranched alkanes of at least 4 members (excludes halogenated alkanes) is 1. The van der Waals surface area contributed by atoms with Gasteiger partial charge in [-0.2, -0.15) is 5.10 Å². The molecule has 0 amide bonds. The average molecular weight is 518 g/mol. The SMILES string of the molecule is CC.Cc1cc(N)ccc1N/N=C/C1=C2C=CCCC2(C)C2CCC3(C)C(CCCCC(C)C)CCC3C12. The van der Waals surface area contributed by atoms with Crippen molar-refractivity contribution < 1.29 is 0 Å². The first-order valence-electron chi connectivity index (χ1n) is 15.8. The third-order valence-electron chi connectivity index (χ3n) is 10.9. The molecular weight excluding hydrogens is 462 g/mol. The highest BCUT2D eigenvalue weighted by atomic mass is 15.3. The van der Waals surface area contributed by atoms with E-state index in [4.69, 9.17) is 10.8 Å². The first-order chi connectivity index (χ1) is 18.2. The van der Waals surface area contributed by atoms with Crippen LogP contribution in [0.3, 0.4) is 0 Å². The molecule has 5 rings (SSSR count). The highest BCUT2D eigenvalue weighted by molar-refractivity contribution is 5.84. The molecule has 3 N–H and O–H groups in total. The molecule has 2 saturated carbocycles. The number of rotatable bonds is 8. The number of nitrogens with two attached hydrogens (primary N) is 1. The molecule has 3 heteroatoms. The number of nitrogens with one attached hydrogen (secondary N) is 1. The van der Waals surface area contributed by atoms with Gasteiger partial charge in [-0.15, -0.1) is 0 Å². The number of fused-ring (bicyclic) bond motifs is 5. The molecule has 0 aromatic heterocycles. The molecule has 0 saturated heterocycles. The molecule has 0 aliphatic heterocycles. The van der Waals surface area contributed by atoms with Crippen LogP contribution in [0.1, 0.15) is 111 Å². The van der Waals surface area contributed by atoms with E-state index >= 15 is 0 Å². The number of hydrogen-bond acceptors (Lipinski definition) is 3. The number of nitrogen functional groups attached to an aromatic ring is 1. The lowest BCUT2D eigenvalue weighted by atomic mass is 9.53. The van der Waals surface area contributed by atoms with Crippen molar-refractivity contribution in [3.8, 4) is 0 Å². The summed E-state index contributed by atoms with van der Waals surface area (Å²) < 4.78 is 0. The Morgan fingerprint density at radius 2 is 1.87 bits per heavy atom. The summed E-state index contributed by atoms with van der Waals surface area (Å²) >= 11 is 0. The normalized spacial score (nSPS) is 33.7. The minimum absolute atomic E-state index is 0.314. The molecule has 4 aliphatic carbocycles. The van der Waals surface area contributed by atoms with Gasteiger partial charge in [0.15, 0.2) is 0 Å². The molecule has 0 bridgehead atoms. The first kappa shape index (κ1) is 29.0. The smallest absolute Gasteiger partial charge is 0.0592 e. The topological polar surface area (TPSA) is 50.4 Å². The Morgan fingerprint density at radius 3 is 2.61 bits per heavy atom. The average Bonchev–Trinajstić information content (AvgIpc) is 3.35. The number of anilines is 2. The number of hydrazone groups is 1. The first-order valence-corrected chi connectivity index (χ1v) is 15.8. The van der Waals surface area contributed by atoms with Crippen LogP contribution in [0.5, 0.6) is 0 Å². The lowest BCUT2D eigenvalue weighted by Crippen LogP contribution is -2.44. The van der Waals surface area contributed by atoms with Gasteiger partial charge < -0.3 is 5.73 Å². The Kier molecular flexibility index (Phi) is 9.15. The van der Waals surface area contributed by atoms with Crippen molar-refractivity contribution in [2.75, 3.05) is 11.2 Å². The highest BCUT2D eigenvalue weighted by Crippen LogP contribution is 2.69. The van der Waals surface area contributed by atoms with Crippen LogP contribution in [0.2, 0.25) is 0 Å². The van der Waals surface area contributed by atoms with E-state index in [1.54, 1.807) is 5.57 Å². The summed E-state index contributed by atoms with van der Waals surface area (Å²) in [6, 6.07) is 6.00. The van der Waals surface area contributed by atoms with Gasteiger partial charge in [-0.05, 0) is 127 Å². The number of hydrogen-bond donors (Lipinski definition) is 2. The number of allylic oxidation sites excluding steroid dienone is 4. The van der Waals surface area contributed by atoms with E-state index in [9.17, 15) is 0 Å². The van der Waals surface area contributed by atoms with Crippen molar-refractivity contribution in [2.45, 2.75) is 113 Å². The van der Waals surface area contributed by atoms with Crippen molar-refractivity contribution >= 4 is 17.6 Å². The second-order valence-corrected chi connectivity index (χ2v) is 13.4. The molecule has 210 valence electrons. The summed E-state index contributed by atoms with van der Waals surface area (Å²) in [7, 11) is 0. The molecule has 0 heterocycles. The summed E-state index contributed by atoms with van der Waals surface area (Å²) in [5.41, 5.74) is 16.2. The fourth-order valence-corrected chi connectivity index (χ4v) is 8.85. The maximum absolute atomic E-state index is 5.96. The fourth-order valence-electron chi connectivity index (χ4n) is 8.85. The molecule has 0 radical (unpaired) electrons. The molecular formula is C35H55N3. The van der Waals surface area contributed by atoms with Gasteiger partial charge in [-0.3, -0.25) is 5.43 Å². The molecule has 6 atom stereocenters. The molecule has 3 nitrogen and oxygen atoms in total. The maximum atomic E-state index is 5.96. The minimum Gasteiger partial charge on any atom is -0.399 e. The lowest BCUT2D eigenvalue weighted by molar-refractivity contribution is 0.0000323. The largest absolute Gasteiger partial charge is 0.399 e. The van der Waals surface area contributed by atoms with Crippen molar-refractivity contribution in [3.05, 3.63) is 47.1 Å². The summed E-state index contributed by atoms with van der Waals surface area (Å²) in [5, 5.41) is 4.85. The summed E-state index contributed by atoms with van der Waals surface area (Å²) in [4.78, 5) is 0. The van der Waals surface area contributed by atoms with Crippen molar-refractivity contribution in [3.63, 3.8) is 0 Å². The van der Waals surface area contributed by atoms with Crippen LogP contribution in [-0.2, 0) is 0 Å².